The second kappa shape index (κ2) is 9.21. The molecule has 0 aliphatic carbocycles. The molecule has 2 atom stereocenters. The SMILES string of the molecule is Cc1ccc(C(NC(=O)c2cc(C#C[C@H]3CCO3)cc(C)n2)c2cc(F)ccc2O)cc1. The van der Waals surface area contributed by atoms with Crippen molar-refractivity contribution in [2.24, 2.45) is 0 Å². The van der Waals surface area contributed by atoms with E-state index in [0.717, 1.165) is 18.6 Å². The Kier molecular flexibility index (Phi) is 6.20. The summed E-state index contributed by atoms with van der Waals surface area (Å²) >= 11 is 0. The molecule has 1 amide bonds. The number of carbonyl (C=O) groups excluding carboxylic acids is 1. The van der Waals surface area contributed by atoms with Gasteiger partial charge in [-0.15, -0.1) is 0 Å². The molecule has 2 heterocycles. The molecule has 0 saturated carbocycles. The number of nitrogens with one attached hydrogen (secondary N) is 1. The summed E-state index contributed by atoms with van der Waals surface area (Å²) in [5.41, 5.74) is 3.52. The lowest BCUT2D eigenvalue weighted by Gasteiger charge is -2.21. The van der Waals surface area contributed by atoms with Crippen molar-refractivity contribution in [3.05, 3.63) is 94.1 Å². The topological polar surface area (TPSA) is 71.5 Å². The Morgan fingerprint density at radius 2 is 1.94 bits per heavy atom. The van der Waals surface area contributed by atoms with Gasteiger partial charge in [0.1, 0.15) is 23.4 Å². The van der Waals surface area contributed by atoms with Crippen LogP contribution < -0.4 is 5.32 Å². The van der Waals surface area contributed by atoms with Gasteiger partial charge in [-0.25, -0.2) is 9.37 Å². The second-order valence-electron chi connectivity index (χ2n) is 7.82. The van der Waals surface area contributed by atoms with Crippen LogP contribution in [0.15, 0.2) is 54.6 Å². The van der Waals surface area contributed by atoms with Gasteiger partial charge in [0.15, 0.2) is 0 Å². The zero-order chi connectivity index (χ0) is 22.7. The molecule has 3 aromatic rings. The zero-order valence-corrected chi connectivity index (χ0v) is 17.9. The molecule has 0 spiro atoms. The van der Waals surface area contributed by atoms with Crippen molar-refractivity contribution in [3.63, 3.8) is 0 Å². The minimum absolute atomic E-state index is 0.0670. The van der Waals surface area contributed by atoms with Crippen molar-refractivity contribution in [2.45, 2.75) is 32.4 Å². The van der Waals surface area contributed by atoms with E-state index < -0.39 is 17.8 Å². The van der Waals surface area contributed by atoms with Gasteiger partial charge in [-0.1, -0.05) is 41.7 Å². The molecule has 0 bridgehead atoms. The molecule has 5 nitrogen and oxygen atoms in total. The van der Waals surface area contributed by atoms with E-state index in [1.807, 2.05) is 31.2 Å². The Balaban J connectivity index is 1.66. The highest BCUT2D eigenvalue weighted by molar-refractivity contribution is 5.93. The number of phenols is 1. The molecule has 32 heavy (non-hydrogen) atoms. The summed E-state index contributed by atoms with van der Waals surface area (Å²) in [5.74, 6) is 5.00. The molecule has 1 aromatic heterocycles. The molecule has 6 heteroatoms. The highest BCUT2D eigenvalue weighted by Gasteiger charge is 2.22. The maximum absolute atomic E-state index is 14.0. The summed E-state index contributed by atoms with van der Waals surface area (Å²) in [6.07, 6.45) is 0.836. The molecule has 1 unspecified atom stereocenters. The maximum Gasteiger partial charge on any atom is 0.270 e. The molecule has 2 aromatic carbocycles. The van der Waals surface area contributed by atoms with E-state index in [-0.39, 0.29) is 23.1 Å². The van der Waals surface area contributed by atoms with Crippen LogP contribution >= 0.6 is 0 Å². The van der Waals surface area contributed by atoms with Crippen LogP contribution in [0.1, 0.15) is 50.9 Å². The number of nitrogens with zero attached hydrogens (tertiary/aromatic N) is 1. The number of pyridine rings is 1. The summed E-state index contributed by atoms with van der Waals surface area (Å²) in [7, 11) is 0. The second-order valence-corrected chi connectivity index (χ2v) is 7.82. The molecule has 1 saturated heterocycles. The van der Waals surface area contributed by atoms with Gasteiger partial charge in [0, 0.05) is 23.2 Å². The Bertz CT molecular complexity index is 1210. The van der Waals surface area contributed by atoms with Crippen LogP contribution in [0.3, 0.4) is 0 Å². The number of halogens is 1. The molecule has 1 aliphatic rings. The fourth-order valence-electron chi connectivity index (χ4n) is 3.43. The number of aromatic nitrogens is 1. The fraction of sp³-hybridized carbons (Fsp3) is 0.231. The van der Waals surface area contributed by atoms with Crippen LogP contribution in [-0.4, -0.2) is 28.7 Å². The quantitative estimate of drug-likeness (QED) is 0.609. The van der Waals surface area contributed by atoms with Gasteiger partial charge in [-0.05, 0) is 49.7 Å². The van der Waals surface area contributed by atoms with Crippen molar-refractivity contribution < 1.29 is 19.0 Å². The zero-order valence-electron chi connectivity index (χ0n) is 17.9. The molecule has 2 N–H and O–H groups in total. The standard InChI is InChI=1S/C26H23FN2O3/c1-16-3-6-19(7-4-16)25(22-15-20(27)8-10-24(22)30)29-26(31)23-14-18(13-17(2)28-23)5-9-21-11-12-32-21/h3-4,6-8,10,13-15,21,25,30H,11-12H2,1-2H3,(H,29,31)/t21-,25?/m0/s1. The predicted octanol–water partition coefficient (Wildman–Crippen LogP) is 4.20. The fourth-order valence-corrected chi connectivity index (χ4v) is 3.43. The van der Waals surface area contributed by atoms with Crippen LogP contribution in [0.25, 0.3) is 0 Å². The van der Waals surface area contributed by atoms with Crippen molar-refractivity contribution in [2.75, 3.05) is 6.61 Å². The average molecular weight is 430 g/mol. The van der Waals surface area contributed by atoms with Crippen LogP contribution in [0, 0.1) is 31.5 Å². The van der Waals surface area contributed by atoms with E-state index >= 15 is 0 Å². The van der Waals surface area contributed by atoms with Gasteiger partial charge >= 0.3 is 0 Å². The number of rotatable bonds is 4. The maximum atomic E-state index is 14.0. The first-order valence-electron chi connectivity index (χ1n) is 10.4. The van der Waals surface area contributed by atoms with Gasteiger partial charge in [-0.2, -0.15) is 0 Å². The molecular formula is C26H23FN2O3. The van der Waals surface area contributed by atoms with Crippen molar-refractivity contribution in [3.8, 4) is 17.6 Å². The van der Waals surface area contributed by atoms with Crippen LogP contribution in [0.5, 0.6) is 5.75 Å². The first kappa shape index (κ1) is 21.5. The lowest BCUT2D eigenvalue weighted by atomic mass is 9.96. The third-order valence-corrected chi connectivity index (χ3v) is 5.25. The highest BCUT2D eigenvalue weighted by Crippen LogP contribution is 2.30. The highest BCUT2D eigenvalue weighted by atomic mass is 19.1. The molecule has 1 aliphatic heterocycles. The Morgan fingerprint density at radius 1 is 1.19 bits per heavy atom. The molecule has 0 radical (unpaired) electrons. The van der Waals surface area contributed by atoms with Gasteiger partial charge in [0.25, 0.3) is 5.91 Å². The number of aromatic hydroxyl groups is 1. The number of phenolic OH excluding ortho intramolecular Hbond substituents is 1. The summed E-state index contributed by atoms with van der Waals surface area (Å²) in [4.78, 5) is 17.5. The van der Waals surface area contributed by atoms with Crippen LogP contribution in [0.2, 0.25) is 0 Å². The number of aryl methyl sites for hydroxylation is 2. The van der Waals surface area contributed by atoms with Crippen molar-refractivity contribution in [1.29, 1.82) is 0 Å². The minimum Gasteiger partial charge on any atom is -0.508 e. The minimum atomic E-state index is -0.765. The number of amides is 1. The summed E-state index contributed by atoms with van der Waals surface area (Å²) in [5, 5.41) is 13.3. The summed E-state index contributed by atoms with van der Waals surface area (Å²) in [6.45, 7) is 4.46. The lowest BCUT2D eigenvalue weighted by molar-refractivity contribution is -0.0122. The number of ether oxygens (including phenoxy) is 1. The van der Waals surface area contributed by atoms with Gasteiger partial charge in [0.05, 0.1) is 12.6 Å². The normalized spacial score (nSPS) is 15.8. The van der Waals surface area contributed by atoms with E-state index in [0.29, 0.717) is 16.8 Å². The summed E-state index contributed by atoms with van der Waals surface area (Å²) < 4.78 is 19.3. The number of hydrogen-bond donors (Lipinski definition) is 2. The van der Waals surface area contributed by atoms with E-state index in [1.54, 1.807) is 19.1 Å². The Hall–Kier alpha value is -3.69. The lowest BCUT2D eigenvalue weighted by Crippen LogP contribution is -2.30. The number of hydrogen-bond acceptors (Lipinski definition) is 4. The van der Waals surface area contributed by atoms with Gasteiger partial charge in [0.2, 0.25) is 0 Å². The third kappa shape index (κ3) is 4.96. The number of benzene rings is 2. The van der Waals surface area contributed by atoms with E-state index in [1.165, 1.54) is 18.2 Å². The monoisotopic (exact) mass is 430 g/mol. The smallest absolute Gasteiger partial charge is 0.270 e. The summed E-state index contributed by atoms with van der Waals surface area (Å²) in [6, 6.07) is 13.8. The van der Waals surface area contributed by atoms with E-state index in [2.05, 4.69) is 22.1 Å². The van der Waals surface area contributed by atoms with Gasteiger partial charge in [-0.3, -0.25) is 4.79 Å². The molecule has 1 fully saturated rings. The van der Waals surface area contributed by atoms with Crippen LogP contribution in [-0.2, 0) is 4.74 Å². The molecular weight excluding hydrogens is 407 g/mol. The van der Waals surface area contributed by atoms with E-state index in [9.17, 15) is 14.3 Å². The van der Waals surface area contributed by atoms with Crippen LogP contribution in [0.4, 0.5) is 4.39 Å². The largest absolute Gasteiger partial charge is 0.508 e. The molecule has 4 rings (SSSR count). The van der Waals surface area contributed by atoms with E-state index in [4.69, 9.17) is 4.74 Å². The van der Waals surface area contributed by atoms with Crippen molar-refractivity contribution >= 4 is 5.91 Å². The Morgan fingerprint density at radius 3 is 2.62 bits per heavy atom. The van der Waals surface area contributed by atoms with Crippen molar-refractivity contribution in [1.82, 2.24) is 10.3 Å². The Labute approximate surface area is 186 Å². The third-order valence-electron chi connectivity index (χ3n) is 5.25. The van der Waals surface area contributed by atoms with Gasteiger partial charge < -0.3 is 15.2 Å². The average Bonchev–Trinajstić information content (AvgIpc) is 2.73. The number of carbonyl (C=O) groups is 1. The first-order chi connectivity index (χ1) is 15.4. The first-order valence-corrected chi connectivity index (χ1v) is 10.4. The molecule has 162 valence electrons. The predicted molar refractivity (Wildman–Crippen MR) is 119 cm³/mol.